The molecule has 5 nitrogen and oxygen atoms in total. The normalized spacial score (nSPS) is 12.7. The summed E-state index contributed by atoms with van der Waals surface area (Å²) in [6.45, 7) is 6.44. The second-order valence-corrected chi connectivity index (χ2v) is 9.26. The molecule has 5 heteroatoms. The lowest BCUT2D eigenvalue weighted by atomic mass is 9.96. The molecule has 4 heterocycles. The van der Waals surface area contributed by atoms with Crippen LogP contribution in [-0.2, 0) is 12.8 Å². The van der Waals surface area contributed by atoms with Gasteiger partial charge in [0.1, 0.15) is 0 Å². The maximum Gasteiger partial charge on any atom is 0.0723 e. The molecule has 0 aliphatic carbocycles. The fourth-order valence-corrected chi connectivity index (χ4v) is 4.97. The number of hydrogen-bond acceptors (Lipinski definition) is 4. The van der Waals surface area contributed by atoms with Crippen LogP contribution < -0.4 is 11.1 Å². The van der Waals surface area contributed by atoms with Gasteiger partial charge in [0.05, 0.1) is 29.0 Å². The summed E-state index contributed by atoms with van der Waals surface area (Å²) in [5.41, 5.74) is 18.8. The Labute approximate surface area is 217 Å². The van der Waals surface area contributed by atoms with E-state index in [9.17, 15) is 0 Å². The molecule has 3 aromatic heterocycles. The predicted molar refractivity (Wildman–Crippen MR) is 154 cm³/mol. The highest BCUT2D eigenvalue weighted by Gasteiger charge is 2.16. The van der Waals surface area contributed by atoms with Gasteiger partial charge in [0.25, 0.3) is 0 Å². The SMILES string of the molecule is C#C.C=C1CCc2cccc(c2)-c2cccc3[nH]c(c(C)c23)Cc2nc(ccc2N)-c2cncc(c2)N1. The number of aryl methyl sites for hydroxylation is 2. The second-order valence-electron chi connectivity index (χ2n) is 9.26. The molecule has 0 unspecified atom stereocenters. The van der Waals surface area contributed by atoms with E-state index in [1.807, 2.05) is 24.5 Å². The smallest absolute Gasteiger partial charge is 0.0723 e. The molecule has 8 bridgehead atoms. The van der Waals surface area contributed by atoms with Gasteiger partial charge in [-0.2, -0.15) is 0 Å². The van der Waals surface area contributed by atoms with Crippen molar-refractivity contribution in [2.24, 2.45) is 0 Å². The molecule has 1 aliphatic heterocycles. The molecule has 0 saturated heterocycles. The summed E-state index contributed by atoms with van der Waals surface area (Å²) in [6, 6.07) is 21.2. The van der Waals surface area contributed by atoms with Gasteiger partial charge in [-0.15, -0.1) is 12.8 Å². The number of nitrogens with two attached hydrogens (primary N) is 1. The summed E-state index contributed by atoms with van der Waals surface area (Å²) in [6.07, 6.45) is 14.0. The van der Waals surface area contributed by atoms with Crippen molar-refractivity contribution in [1.29, 1.82) is 0 Å². The number of aromatic amines is 1. The number of fused-ring (bicyclic) bond motifs is 9. The monoisotopic (exact) mass is 483 g/mol. The Kier molecular flexibility index (Phi) is 6.49. The van der Waals surface area contributed by atoms with Crippen LogP contribution in [0, 0.1) is 19.8 Å². The van der Waals surface area contributed by atoms with Crippen LogP contribution in [0.3, 0.4) is 0 Å². The summed E-state index contributed by atoms with van der Waals surface area (Å²) in [4.78, 5) is 13.0. The van der Waals surface area contributed by atoms with Crippen LogP contribution in [0.1, 0.15) is 28.9 Å². The zero-order valence-electron chi connectivity index (χ0n) is 20.9. The van der Waals surface area contributed by atoms with Gasteiger partial charge >= 0.3 is 0 Å². The molecule has 0 spiro atoms. The molecular formula is C32H29N5. The van der Waals surface area contributed by atoms with E-state index in [-0.39, 0.29) is 0 Å². The highest BCUT2D eigenvalue weighted by molar-refractivity contribution is 5.98. The van der Waals surface area contributed by atoms with Crippen molar-refractivity contribution < 1.29 is 0 Å². The third-order valence-corrected chi connectivity index (χ3v) is 6.84. The molecule has 5 aromatic rings. The van der Waals surface area contributed by atoms with Crippen LogP contribution in [0.5, 0.6) is 0 Å². The van der Waals surface area contributed by atoms with E-state index < -0.39 is 0 Å². The van der Waals surface area contributed by atoms with E-state index in [1.54, 1.807) is 0 Å². The maximum absolute atomic E-state index is 6.38. The number of allylic oxidation sites excluding steroid dienone is 1. The highest BCUT2D eigenvalue weighted by atomic mass is 14.9. The van der Waals surface area contributed by atoms with Gasteiger partial charge in [-0.25, -0.2) is 0 Å². The topological polar surface area (TPSA) is 79.6 Å². The van der Waals surface area contributed by atoms with E-state index in [1.165, 1.54) is 27.6 Å². The molecule has 0 atom stereocenters. The average molecular weight is 484 g/mol. The Morgan fingerprint density at radius 3 is 2.65 bits per heavy atom. The number of hydrogen-bond donors (Lipinski definition) is 3. The minimum absolute atomic E-state index is 0.627. The lowest BCUT2D eigenvalue weighted by Crippen LogP contribution is -2.03. The molecule has 0 radical (unpaired) electrons. The second kappa shape index (κ2) is 10.0. The van der Waals surface area contributed by atoms with Crippen LogP contribution in [0.4, 0.5) is 11.4 Å². The number of pyridine rings is 2. The third-order valence-electron chi connectivity index (χ3n) is 6.84. The van der Waals surface area contributed by atoms with Gasteiger partial charge in [0.15, 0.2) is 0 Å². The van der Waals surface area contributed by atoms with Crippen molar-refractivity contribution in [3.63, 3.8) is 0 Å². The van der Waals surface area contributed by atoms with Crippen molar-refractivity contribution in [2.75, 3.05) is 11.1 Å². The van der Waals surface area contributed by atoms with Crippen LogP contribution in [0.15, 0.2) is 85.3 Å². The van der Waals surface area contributed by atoms with E-state index in [2.05, 4.69) is 90.2 Å². The van der Waals surface area contributed by atoms with E-state index >= 15 is 0 Å². The zero-order chi connectivity index (χ0) is 25.9. The van der Waals surface area contributed by atoms with Crippen molar-refractivity contribution in [3.8, 4) is 35.2 Å². The fraction of sp³-hybridized carbons (Fsp3) is 0.125. The third kappa shape index (κ3) is 4.70. The van der Waals surface area contributed by atoms with Crippen molar-refractivity contribution in [3.05, 3.63) is 108 Å². The van der Waals surface area contributed by atoms with Crippen molar-refractivity contribution in [1.82, 2.24) is 15.0 Å². The van der Waals surface area contributed by atoms with Gasteiger partial charge in [0, 0.05) is 40.5 Å². The summed E-state index contributed by atoms with van der Waals surface area (Å²) >= 11 is 0. The zero-order valence-corrected chi connectivity index (χ0v) is 20.9. The van der Waals surface area contributed by atoms with Gasteiger partial charge < -0.3 is 16.0 Å². The van der Waals surface area contributed by atoms with Gasteiger partial charge in [-0.05, 0) is 66.3 Å². The quantitative estimate of drug-likeness (QED) is 0.209. The first-order valence-electron chi connectivity index (χ1n) is 12.2. The molecule has 4 N–H and O–H groups in total. The molecule has 0 fully saturated rings. The first kappa shape index (κ1) is 23.9. The summed E-state index contributed by atoms with van der Waals surface area (Å²) < 4.78 is 0. The predicted octanol–water partition coefficient (Wildman–Crippen LogP) is 6.89. The molecule has 1 aliphatic rings. The first-order valence-corrected chi connectivity index (χ1v) is 12.2. The number of terminal acetylenes is 1. The van der Waals surface area contributed by atoms with E-state index in [4.69, 9.17) is 10.7 Å². The Morgan fingerprint density at radius 2 is 1.78 bits per heavy atom. The fourth-order valence-electron chi connectivity index (χ4n) is 4.97. The Balaban J connectivity index is 0.00000137. The molecule has 2 aromatic carbocycles. The summed E-state index contributed by atoms with van der Waals surface area (Å²) in [5.74, 6) is 0. The minimum Gasteiger partial charge on any atom is -0.397 e. The molecule has 0 amide bonds. The number of benzene rings is 2. The molecular weight excluding hydrogens is 454 g/mol. The Hall–Kier alpha value is -4.82. The van der Waals surface area contributed by atoms with Gasteiger partial charge in [0.2, 0.25) is 0 Å². The number of nitrogen functional groups attached to an aromatic ring is 1. The van der Waals surface area contributed by atoms with Crippen LogP contribution in [-0.4, -0.2) is 15.0 Å². The maximum atomic E-state index is 6.38. The summed E-state index contributed by atoms with van der Waals surface area (Å²) in [5, 5.41) is 4.67. The van der Waals surface area contributed by atoms with Crippen LogP contribution in [0.2, 0.25) is 0 Å². The molecule has 182 valence electrons. The number of aromatic nitrogens is 3. The lowest BCUT2D eigenvalue weighted by molar-refractivity contribution is 0.950. The largest absolute Gasteiger partial charge is 0.397 e. The lowest BCUT2D eigenvalue weighted by Gasteiger charge is -2.13. The van der Waals surface area contributed by atoms with Gasteiger partial charge in [-0.1, -0.05) is 43.0 Å². The van der Waals surface area contributed by atoms with E-state index in [0.29, 0.717) is 12.1 Å². The van der Waals surface area contributed by atoms with Crippen LogP contribution in [0.25, 0.3) is 33.3 Å². The number of rotatable bonds is 0. The number of H-pyrrole nitrogens is 1. The first-order chi connectivity index (χ1) is 18.0. The molecule has 37 heavy (non-hydrogen) atoms. The highest BCUT2D eigenvalue weighted by Crippen LogP contribution is 2.35. The Morgan fingerprint density at radius 1 is 0.946 bits per heavy atom. The van der Waals surface area contributed by atoms with E-state index in [0.717, 1.165) is 52.4 Å². The number of nitrogens with zero attached hydrogens (tertiary/aromatic N) is 2. The summed E-state index contributed by atoms with van der Waals surface area (Å²) in [7, 11) is 0. The molecule has 6 rings (SSSR count). The minimum atomic E-state index is 0.627. The van der Waals surface area contributed by atoms with Crippen LogP contribution >= 0.6 is 0 Å². The average Bonchev–Trinajstić information content (AvgIpc) is 3.25. The molecule has 0 saturated carbocycles. The number of anilines is 2. The van der Waals surface area contributed by atoms with Crippen molar-refractivity contribution >= 4 is 22.3 Å². The standard InChI is InChI=1S/C30H27N5.C2H2/c1-18-9-10-20-5-3-6-21(13-20)24-7-4-8-27-30(24)19(2)28(35-27)15-29-25(31)11-12-26(34-29)22-14-23(33-18)17-32-16-22;1-2/h3-8,11-14,16-17,33,35H,1,9-10,15,31H2,2H3;1-2H. The Bertz CT molecular complexity index is 1640. The van der Waals surface area contributed by atoms with Gasteiger partial charge in [-0.3, -0.25) is 9.97 Å². The van der Waals surface area contributed by atoms with Crippen molar-refractivity contribution in [2.45, 2.75) is 26.2 Å². The number of nitrogens with one attached hydrogen (secondary N) is 2.